The van der Waals surface area contributed by atoms with E-state index in [0.717, 1.165) is 6.42 Å². The largest absolute Gasteiger partial charge is 0.338 e. The Hall–Kier alpha value is -1.50. The number of sulfonamides is 1. The SMILES string of the molecule is CCCCS(=O)(=O)Nc1ccc(Nc2c(Cl)cccc2Cl)nc1. The molecule has 0 aliphatic carbocycles. The quantitative estimate of drug-likeness (QED) is 0.739. The minimum Gasteiger partial charge on any atom is -0.338 e. The van der Waals surface area contributed by atoms with E-state index in [9.17, 15) is 8.42 Å². The van der Waals surface area contributed by atoms with Gasteiger partial charge in [0, 0.05) is 0 Å². The predicted molar refractivity (Wildman–Crippen MR) is 96.3 cm³/mol. The van der Waals surface area contributed by atoms with Crippen molar-refractivity contribution in [1.29, 1.82) is 0 Å². The molecule has 2 N–H and O–H groups in total. The lowest BCUT2D eigenvalue weighted by Gasteiger charge is -2.11. The average Bonchev–Trinajstić information content (AvgIpc) is 2.50. The van der Waals surface area contributed by atoms with Crippen LogP contribution in [-0.2, 0) is 10.0 Å². The molecule has 2 aromatic rings. The third kappa shape index (κ3) is 5.27. The number of nitrogens with zero attached hydrogens (tertiary/aromatic N) is 1. The molecule has 0 saturated carbocycles. The number of aromatic nitrogens is 1. The van der Waals surface area contributed by atoms with Crippen LogP contribution >= 0.6 is 23.2 Å². The van der Waals surface area contributed by atoms with Crippen molar-refractivity contribution in [1.82, 2.24) is 4.98 Å². The monoisotopic (exact) mass is 373 g/mol. The first-order valence-electron chi connectivity index (χ1n) is 7.09. The molecule has 0 spiro atoms. The van der Waals surface area contributed by atoms with Gasteiger partial charge in [-0.15, -0.1) is 0 Å². The van der Waals surface area contributed by atoms with E-state index < -0.39 is 10.0 Å². The fourth-order valence-electron chi connectivity index (χ4n) is 1.84. The van der Waals surface area contributed by atoms with Gasteiger partial charge in [-0.05, 0) is 30.7 Å². The van der Waals surface area contributed by atoms with Crippen molar-refractivity contribution in [2.75, 3.05) is 15.8 Å². The van der Waals surface area contributed by atoms with Crippen LogP contribution in [0, 0.1) is 0 Å². The van der Waals surface area contributed by atoms with Gasteiger partial charge in [0.15, 0.2) is 0 Å². The lowest BCUT2D eigenvalue weighted by Crippen LogP contribution is -2.16. The van der Waals surface area contributed by atoms with Gasteiger partial charge >= 0.3 is 0 Å². The number of pyridine rings is 1. The predicted octanol–water partition coefficient (Wildman–Crippen LogP) is 4.67. The van der Waals surface area contributed by atoms with Crippen LogP contribution in [0.25, 0.3) is 0 Å². The number of benzene rings is 1. The number of hydrogen-bond donors (Lipinski definition) is 2. The van der Waals surface area contributed by atoms with E-state index in [-0.39, 0.29) is 5.75 Å². The lowest BCUT2D eigenvalue weighted by molar-refractivity contribution is 0.598. The van der Waals surface area contributed by atoms with E-state index in [0.29, 0.717) is 33.7 Å². The first-order chi connectivity index (χ1) is 10.9. The first-order valence-corrected chi connectivity index (χ1v) is 9.49. The molecule has 1 aromatic carbocycles. The van der Waals surface area contributed by atoms with E-state index in [4.69, 9.17) is 23.2 Å². The Kier molecular flexibility index (Phi) is 6.10. The van der Waals surface area contributed by atoms with E-state index in [1.807, 2.05) is 6.92 Å². The van der Waals surface area contributed by atoms with Gasteiger partial charge in [-0.25, -0.2) is 13.4 Å². The summed E-state index contributed by atoms with van der Waals surface area (Å²) < 4.78 is 26.2. The van der Waals surface area contributed by atoms with Crippen molar-refractivity contribution in [2.45, 2.75) is 19.8 Å². The van der Waals surface area contributed by atoms with Crippen molar-refractivity contribution in [2.24, 2.45) is 0 Å². The Morgan fingerprint density at radius 3 is 2.39 bits per heavy atom. The molecular formula is C15H17Cl2N3O2S. The third-order valence-corrected chi connectivity index (χ3v) is 5.02. The molecule has 1 heterocycles. The maximum atomic E-state index is 11.8. The molecule has 124 valence electrons. The Balaban J connectivity index is 2.08. The van der Waals surface area contributed by atoms with Crippen molar-refractivity contribution in [3.8, 4) is 0 Å². The molecular weight excluding hydrogens is 357 g/mol. The molecule has 23 heavy (non-hydrogen) atoms. The highest BCUT2D eigenvalue weighted by atomic mass is 35.5. The molecule has 0 radical (unpaired) electrons. The zero-order chi connectivity index (χ0) is 16.9. The molecule has 0 unspecified atom stereocenters. The van der Waals surface area contributed by atoms with E-state index in [1.165, 1.54) is 6.20 Å². The Morgan fingerprint density at radius 1 is 1.13 bits per heavy atom. The Labute approximate surface area is 146 Å². The number of rotatable bonds is 7. The third-order valence-electron chi connectivity index (χ3n) is 3.02. The highest BCUT2D eigenvalue weighted by Gasteiger charge is 2.10. The second kappa shape index (κ2) is 7.86. The van der Waals surface area contributed by atoms with Crippen LogP contribution in [0.5, 0.6) is 0 Å². The Bertz CT molecular complexity index is 745. The summed E-state index contributed by atoms with van der Waals surface area (Å²) >= 11 is 12.2. The fraction of sp³-hybridized carbons (Fsp3) is 0.267. The molecule has 0 saturated heterocycles. The number of para-hydroxylation sites is 1. The van der Waals surface area contributed by atoms with Crippen LogP contribution in [0.4, 0.5) is 17.2 Å². The van der Waals surface area contributed by atoms with Crippen LogP contribution in [0.15, 0.2) is 36.5 Å². The van der Waals surface area contributed by atoms with Gasteiger partial charge in [-0.1, -0.05) is 42.6 Å². The van der Waals surface area contributed by atoms with Crippen molar-refractivity contribution < 1.29 is 8.42 Å². The summed E-state index contributed by atoms with van der Waals surface area (Å²) in [6, 6.07) is 8.45. The van der Waals surface area contributed by atoms with E-state index in [2.05, 4.69) is 15.0 Å². The van der Waals surface area contributed by atoms with E-state index >= 15 is 0 Å². The zero-order valence-corrected chi connectivity index (χ0v) is 14.8. The maximum Gasteiger partial charge on any atom is 0.232 e. The van der Waals surface area contributed by atoms with Gasteiger partial charge in [0.2, 0.25) is 10.0 Å². The Morgan fingerprint density at radius 2 is 1.83 bits per heavy atom. The second-order valence-corrected chi connectivity index (χ2v) is 7.58. The molecule has 1 aromatic heterocycles. The number of halogens is 2. The van der Waals surface area contributed by atoms with Crippen LogP contribution in [0.1, 0.15) is 19.8 Å². The summed E-state index contributed by atoms with van der Waals surface area (Å²) in [6.45, 7) is 1.94. The van der Waals surface area contributed by atoms with Gasteiger partial charge in [0.25, 0.3) is 0 Å². The standard InChI is InChI=1S/C15H17Cl2N3O2S/c1-2-3-9-23(21,22)20-11-7-8-14(18-10-11)19-15-12(16)5-4-6-13(15)17/h4-8,10,20H,2-3,9H2,1H3,(H,18,19). The minimum absolute atomic E-state index is 0.0960. The van der Waals surface area contributed by atoms with E-state index in [1.54, 1.807) is 30.3 Å². The molecule has 2 rings (SSSR count). The summed E-state index contributed by atoms with van der Waals surface area (Å²) in [6.07, 6.45) is 2.88. The topological polar surface area (TPSA) is 71.1 Å². The van der Waals surface area contributed by atoms with Crippen molar-refractivity contribution >= 4 is 50.4 Å². The average molecular weight is 374 g/mol. The van der Waals surface area contributed by atoms with Crippen LogP contribution < -0.4 is 10.0 Å². The van der Waals surface area contributed by atoms with Gasteiger partial charge in [0.1, 0.15) is 5.82 Å². The minimum atomic E-state index is -3.33. The fourth-order valence-corrected chi connectivity index (χ4v) is 3.58. The smallest absolute Gasteiger partial charge is 0.232 e. The molecule has 0 bridgehead atoms. The molecule has 0 aliphatic heterocycles. The summed E-state index contributed by atoms with van der Waals surface area (Å²) in [5.74, 6) is 0.607. The molecule has 5 nitrogen and oxygen atoms in total. The van der Waals surface area contributed by atoms with Gasteiger partial charge in [-0.3, -0.25) is 4.72 Å². The maximum absolute atomic E-state index is 11.8. The normalized spacial score (nSPS) is 11.3. The number of hydrogen-bond acceptors (Lipinski definition) is 4. The van der Waals surface area contributed by atoms with Crippen LogP contribution in [-0.4, -0.2) is 19.2 Å². The number of anilines is 3. The highest BCUT2D eigenvalue weighted by Crippen LogP contribution is 2.32. The summed E-state index contributed by atoms with van der Waals surface area (Å²) in [5, 5.41) is 3.96. The second-order valence-electron chi connectivity index (χ2n) is 4.93. The number of nitrogens with one attached hydrogen (secondary N) is 2. The van der Waals surface area contributed by atoms with Gasteiger partial charge in [0.05, 0.1) is 33.4 Å². The summed E-state index contributed by atoms with van der Waals surface area (Å²) in [5.41, 5.74) is 0.969. The van der Waals surface area contributed by atoms with Gasteiger partial charge < -0.3 is 5.32 Å². The molecule has 8 heteroatoms. The van der Waals surface area contributed by atoms with Crippen molar-refractivity contribution in [3.63, 3.8) is 0 Å². The summed E-state index contributed by atoms with van der Waals surface area (Å²) in [7, 11) is -3.33. The van der Waals surface area contributed by atoms with Gasteiger partial charge in [-0.2, -0.15) is 0 Å². The molecule has 0 atom stereocenters. The van der Waals surface area contributed by atoms with Crippen LogP contribution in [0.2, 0.25) is 10.0 Å². The molecule has 0 amide bonds. The highest BCUT2D eigenvalue weighted by molar-refractivity contribution is 7.92. The van der Waals surface area contributed by atoms with Crippen molar-refractivity contribution in [3.05, 3.63) is 46.6 Å². The van der Waals surface area contributed by atoms with Crippen LogP contribution in [0.3, 0.4) is 0 Å². The molecule has 0 aliphatic rings. The zero-order valence-electron chi connectivity index (χ0n) is 12.5. The molecule has 0 fully saturated rings. The number of unbranched alkanes of at least 4 members (excludes halogenated alkanes) is 1. The lowest BCUT2D eigenvalue weighted by atomic mass is 10.3. The summed E-state index contributed by atoms with van der Waals surface area (Å²) in [4.78, 5) is 4.17. The first kappa shape index (κ1) is 17.8.